The normalized spacial score (nSPS) is 11.7. The van der Waals surface area contributed by atoms with Crippen LogP contribution < -0.4 is 10.2 Å². The van der Waals surface area contributed by atoms with E-state index in [0.29, 0.717) is 26.1 Å². The van der Waals surface area contributed by atoms with E-state index in [9.17, 15) is 29.4 Å². The molecule has 2 atom stereocenters. The second-order valence-electron chi connectivity index (χ2n) is 17.4. The van der Waals surface area contributed by atoms with Gasteiger partial charge in [0.25, 0.3) is 0 Å². The van der Waals surface area contributed by atoms with E-state index in [1.165, 1.54) is 89.9 Å². The van der Waals surface area contributed by atoms with Gasteiger partial charge in [-0.15, -0.1) is 0 Å². The topological polar surface area (TPSA) is 151 Å². The van der Waals surface area contributed by atoms with E-state index in [1.54, 1.807) is 0 Å². The van der Waals surface area contributed by atoms with Crippen LogP contribution in [0.4, 0.5) is 0 Å². The number of benzene rings is 2. The number of carboxylic acids is 2. The Balaban J connectivity index is 0.00000124. The first-order valence-electron chi connectivity index (χ1n) is 25.2. The van der Waals surface area contributed by atoms with Crippen LogP contribution in [0, 0.1) is 0 Å². The van der Waals surface area contributed by atoms with Crippen molar-refractivity contribution in [1.82, 2.24) is 0 Å². The maximum atomic E-state index is 12.2. The van der Waals surface area contributed by atoms with Crippen molar-refractivity contribution in [2.75, 3.05) is 13.2 Å². The molecule has 0 saturated carbocycles. The van der Waals surface area contributed by atoms with Gasteiger partial charge in [-0.05, 0) is 88.2 Å². The van der Waals surface area contributed by atoms with E-state index in [-0.39, 0.29) is 99.1 Å². The maximum Gasteiger partial charge on any atom is 2.00 e. The van der Waals surface area contributed by atoms with Crippen LogP contribution in [0.2, 0.25) is 0 Å². The molecule has 10 nitrogen and oxygen atoms in total. The molecule has 0 fully saturated rings. The van der Waals surface area contributed by atoms with Gasteiger partial charge >= 0.3 is 60.8 Å². The summed E-state index contributed by atoms with van der Waals surface area (Å²) in [5.74, 6) is -2.65. The van der Waals surface area contributed by atoms with Crippen LogP contribution in [-0.2, 0) is 51.3 Å². The Morgan fingerprint density at radius 3 is 0.985 bits per heavy atom. The van der Waals surface area contributed by atoms with Crippen LogP contribution in [0.15, 0.2) is 60.7 Å². The van der Waals surface area contributed by atoms with Crippen molar-refractivity contribution in [3.63, 3.8) is 0 Å². The number of ether oxygens (including phenoxy) is 4. The van der Waals surface area contributed by atoms with Crippen LogP contribution in [0.3, 0.4) is 0 Å². The summed E-state index contributed by atoms with van der Waals surface area (Å²) in [5, 5.41) is 21.1. The van der Waals surface area contributed by atoms with Crippen molar-refractivity contribution in [3.8, 4) is 0 Å². The first kappa shape index (κ1) is 62.8. The van der Waals surface area contributed by atoms with Gasteiger partial charge in [0.15, 0.2) is 0 Å². The molecule has 0 bridgehead atoms. The van der Waals surface area contributed by atoms with Gasteiger partial charge in [-0.25, -0.2) is 9.59 Å². The van der Waals surface area contributed by atoms with E-state index in [1.807, 2.05) is 60.7 Å². The molecular weight excluding hydrogens is 946 g/mol. The Hall–Kier alpha value is -2.19. The van der Waals surface area contributed by atoms with Crippen molar-refractivity contribution in [2.24, 2.45) is 0 Å². The number of carbonyl (C=O) groups is 4. The van der Waals surface area contributed by atoms with Crippen LogP contribution in [0.5, 0.6) is 0 Å². The number of hydrogen-bond acceptors (Lipinski definition) is 10. The molecule has 0 aliphatic rings. The molecule has 2 unspecified atom stereocenters. The van der Waals surface area contributed by atoms with Crippen molar-refractivity contribution in [1.29, 1.82) is 0 Å². The first-order chi connectivity index (χ1) is 31.2. The Kier molecular flexibility index (Phi) is 45.3. The summed E-state index contributed by atoms with van der Waals surface area (Å²) < 4.78 is 22.4. The standard InChI is InChI=1S/2C27H44O5.Ba/c2*1-2-3-4-5-6-7-8-9-14-19-25(20-15-11-16-21-26(28)29)32-27(30)23-31-22-24-17-12-10-13-18-24;/h2*10,12-13,17-18,25H,2-9,11,14-16,19-23H2,1H3,(H,28,29);/q;;+2/p-2. The smallest absolute Gasteiger partial charge is 0.550 e. The number of carboxylic acid groups (broad SMARTS) is 2. The fourth-order valence-electron chi connectivity index (χ4n) is 7.62. The zero-order valence-electron chi connectivity index (χ0n) is 40.8. The number of rotatable bonds is 42. The zero-order valence-corrected chi connectivity index (χ0v) is 45.2. The molecule has 0 amide bonds. The van der Waals surface area contributed by atoms with Gasteiger partial charge in [0.05, 0.1) is 13.2 Å². The minimum Gasteiger partial charge on any atom is -0.550 e. The molecule has 364 valence electrons. The number of carbonyl (C=O) groups excluding carboxylic acids is 4. The third-order valence-corrected chi connectivity index (χ3v) is 11.3. The summed E-state index contributed by atoms with van der Waals surface area (Å²) in [4.78, 5) is 45.6. The van der Waals surface area contributed by atoms with Gasteiger partial charge < -0.3 is 38.7 Å². The average molecular weight is 1030 g/mol. The van der Waals surface area contributed by atoms with Crippen molar-refractivity contribution < 1.29 is 48.3 Å². The van der Waals surface area contributed by atoms with E-state index < -0.39 is 11.9 Å². The molecule has 0 heterocycles. The Bertz CT molecular complexity index is 1290. The monoisotopic (exact) mass is 1030 g/mol. The summed E-state index contributed by atoms with van der Waals surface area (Å²) in [5.41, 5.74) is 2.05. The minimum atomic E-state index is -1.00. The zero-order chi connectivity index (χ0) is 46.6. The van der Waals surface area contributed by atoms with E-state index >= 15 is 0 Å². The van der Waals surface area contributed by atoms with Crippen molar-refractivity contribution >= 4 is 72.8 Å². The third-order valence-electron chi connectivity index (χ3n) is 11.3. The summed E-state index contributed by atoms with van der Waals surface area (Å²) in [7, 11) is 0. The SMILES string of the molecule is CCCCCCCCCCCC(CCCCCC(=O)[O-])OC(=O)COCc1ccccc1.CCCCCCCCCCCC(CCCCCC(=O)[O-])OC(=O)COCc1ccccc1.[Ba+2]. The molecule has 0 aliphatic carbocycles. The van der Waals surface area contributed by atoms with Crippen molar-refractivity contribution in [2.45, 2.75) is 232 Å². The van der Waals surface area contributed by atoms with Crippen LogP contribution in [-0.4, -0.2) is 98.2 Å². The van der Waals surface area contributed by atoms with E-state index in [2.05, 4.69) is 13.8 Å². The second-order valence-corrected chi connectivity index (χ2v) is 17.4. The first-order valence-corrected chi connectivity index (χ1v) is 25.2. The predicted molar refractivity (Wildman–Crippen MR) is 258 cm³/mol. The van der Waals surface area contributed by atoms with Crippen molar-refractivity contribution in [3.05, 3.63) is 71.8 Å². The number of esters is 2. The molecule has 0 radical (unpaired) electrons. The minimum absolute atomic E-state index is 0. The molecular formula is C54H86BaO10. The average Bonchev–Trinajstić information content (AvgIpc) is 3.28. The quantitative estimate of drug-likeness (QED) is 0.0357. The number of aliphatic carboxylic acids is 2. The van der Waals surface area contributed by atoms with Gasteiger partial charge in [0.1, 0.15) is 25.4 Å². The predicted octanol–water partition coefficient (Wildman–Crippen LogP) is 11.1. The molecule has 2 aromatic rings. The molecule has 11 heteroatoms. The van der Waals surface area contributed by atoms with Gasteiger partial charge in [0.2, 0.25) is 0 Å². The van der Waals surface area contributed by atoms with Gasteiger partial charge in [-0.1, -0.05) is 190 Å². The van der Waals surface area contributed by atoms with Crippen LogP contribution in [0.1, 0.15) is 218 Å². The molecule has 0 N–H and O–H groups in total. The molecule has 0 aliphatic heterocycles. The van der Waals surface area contributed by atoms with Gasteiger partial charge in [0, 0.05) is 11.9 Å². The number of hydrogen-bond donors (Lipinski definition) is 0. The van der Waals surface area contributed by atoms with Crippen LogP contribution in [0.25, 0.3) is 0 Å². The molecule has 2 aromatic carbocycles. The maximum absolute atomic E-state index is 12.2. The van der Waals surface area contributed by atoms with E-state index in [4.69, 9.17) is 18.9 Å². The Morgan fingerprint density at radius 1 is 0.415 bits per heavy atom. The summed E-state index contributed by atoms with van der Waals surface area (Å²) in [6.45, 7) is 5.16. The van der Waals surface area contributed by atoms with Crippen LogP contribution >= 0.6 is 0 Å². The summed E-state index contributed by atoms with van der Waals surface area (Å²) >= 11 is 0. The molecule has 0 saturated heterocycles. The largest absolute Gasteiger partial charge is 2.00 e. The van der Waals surface area contributed by atoms with Gasteiger partial charge in [-0.3, -0.25) is 0 Å². The summed E-state index contributed by atoms with van der Waals surface area (Å²) in [6.07, 6.45) is 30.5. The fourth-order valence-corrected chi connectivity index (χ4v) is 7.62. The summed E-state index contributed by atoms with van der Waals surface area (Å²) in [6, 6.07) is 19.5. The molecule has 0 aromatic heterocycles. The molecule has 65 heavy (non-hydrogen) atoms. The fraction of sp³-hybridized carbons (Fsp3) is 0.704. The second kappa shape index (κ2) is 46.9. The Labute approximate surface area is 434 Å². The Morgan fingerprint density at radius 2 is 0.692 bits per heavy atom. The third kappa shape index (κ3) is 42.9. The number of unbranched alkanes of at least 4 members (excludes halogenated alkanes) is 20. The molecule has 0 spiro atoms. The van der Waals surface area contributed by atoms with Gasteiger partial charge in [-0.2, -0.15) is 0 Å². The van der Waals surface area contributed by atoms with E-state index in [0.717, 1.165) is 88.2 Å². The molecule has 2 rings (SSSR count).